The SMILES string of the molecule is CC(N)c1nnc(C2CCCC2C)o1. The molecule has 2 rings (SSSR count). The van der Waals surface area contributed by atoms with Gasteiger partial charge in [-0.1, -0.05) is 13.3 Å². The molecule has 0 aromatic carbocycles. The van der Waals surface area contributed by atoms with Gasteiger partial charge in [-0.2, -0.15) is 0 Å². The molecule has 4 nitrogen and oxygen atoms in total. The van der Waals surface area contributed by atoms with Gasteiger partial charge in [0.25, 0.3) is 0 Å². The molecule has 2 N–H and O–H groups in total. The summed E-state index contributed by atoms with van der Waals surface area (Å²) in [5.41, 5.74) is 5.66. The van der Waals surface area contributed by atoms with Crippen molar-refractivity contribution in [2.45, 2.75) is 45.1 Å². The summed E-state index contributed by atoms with van der Waals surface area (Å²) >= 11 is 0. The van der Waals surface area contributed by atoms with Crippen LogP contribution in [0.2, 0.25) is 0 Å². The zero-order valence-electron chi connectivity index (χ0n) is 8.73. The van der Waals surface area contributed by atoms with E-state index < -0.39 is 0 Å². The van der Waals surface area contributed by atoms with Crippen molar-refractivity contribution in [3.63, 3.8) is 0 Å². The number of hydrogen-bond donors (Lipinski definition) is 1. The normalized spacial score (nSPS) is 29.4. The average Bonchev–Trinajstić information content (AvgIpc) is 2.71. The van der Waals surface area contributed by atoms with Gasteiger partial charge in [-0.3, -0.25) is 0 Å². The Hall–Kier alpha value is -0.900. The second kappa shape index (κ2) is 3.69. The first kappa shape index (κ1) is 9.65. The van der Waals surface area contributed by atoms with Gasteiger partial charge in [0, 0.05) is 5.92 Å². The molecule has 3 atom stereocenters. The Balaban J connectivity index is 2.16. The standard InChI is InChI=1S/C10H17N3O/c1-6-4-3-5-8(6)10-13-12-9(14-10)7(2)11/h6-8H,3-5,11H2,1-2H3. The summed E-state index contributed by atoms with van der Waals surface area (Å²) in [6.07, 6.45) is 3.70. The van der Waals surface area contributed by atoms with E-state index in [-0.39, 0.29) is 6.04 Å². The van der Waals surface area contributed by atoms with E-state index in [0.717, 1.165) is 5.89 Å². The maximum Gasteiger partial charge on any atom is 0.232 e. The number of nitrogens with two attached hydrogens (primary N) is 1. The molecule has 3 unspecified atom stereocenters. The molecule has 0 aliphatic heterocycles. The predicted molar refractivity (Wildman–Crippen MR) is 52.7 cm³/mol. The number of hydrogen-bond acceptors (Lipinski definition) is 4. The Bertz CT molecular complexity index is 308. The third-order valence-corrected chi connectivity index (χ3v) is 3.02. The molecule has 1 aliphatic carbocycles. The van der Waals surface area contributed by atoms with Gasteiger partial charge in [-0.05, 0) is 25.7 Å². The zero-order chi connectivity index (χ0) is 10.1. The zero-order valence-corrected chi connectivity index (χ0v) is 8.73. The lowest BCUT2D eigenvalue weighted by Gasteiger charge is -2.09. The number of aromatic nitrogens is 2. The lowest BCUT2D eigenvalue weighted by molar-refractivity contribution is 0.369. The highest BCUT2D eigenvalue weighted by molar-refractivity contribution is 4.98. The molecule has 0 radical (unpaired) electrons. The summed E-state index contributed by atoms with van der Waals surface area (Å²) in [6.45, 7) is 4.10. The molecule has 4 heteroatoms. The summed E-state index contributed by atoms with van der Waals surface area (Å²) in [6, 6.07) is -0.159. The predicted octanol–water partition coefficient (Wildman–Crippen LogP) is 1.99. The molecule has 1 saturated carbocycles. The van der Waals surface area contributed by atoms with E-state index in [9.17, 15) is 0 Å². The molecule has 1 aromatic heterocycles. The highest BCUT2D eigenvalue weighted by Crippen LogP contribution is 2.38. The van der Waals surface area contributed by atoms with Crippen LogP contribution in [-0.2, 0) is 0 Å². The van der Waals surface area contributed by atoms with Crippen molar-refractivity contribution in [3.05, 3.63) is 11.8 Å². The van der Waals surface area contributed by atoms with Gasteiger partial charge in [0.05, 0.1) is 6.04 Å². The smallest absolute Gasteiger partial charge is 0.232 e. The van der Waals surface area contributed by atoms with Gasteiger partial charge >= 0.3 is 0 Å². The monoisotopic (exact) mass is 195 g/mol. The van der Waals surface area contributed by atoms with Crippen LogP contribution in [0.3, 0.4) is 0 Å². The van der Waals surface area contributed by atoms with Crippen molar-refractivity contribution in [1.82, 2.24) is 10.2 Å². The lowest BCUT2D eigenvalue weighted by Crippen LogP contribution is -2.05. The minimum atomic E-state index is -0.159. The van der Waals surface area contributed by atoms with E-state index in [2.05, 4.69) is 17.1 Å². The Kier molecular flexibility index (Phi) is 2.54. The highest BCUT2D eigenvalue weighted by atomic mass is 16.4. The first-order chi connectivity index (χ1) is 6.68. The van der Waals surface area contributed by atoms with Gasteiger partial charge < -0.3 is 10.2 Å². The van der Waals surface area contributed by atoms with Crippen molar-refractivity contribution >= 4 is 0 Å². The molecule has 1 aromatic rings. The van der Waals surface area contributed by atoms with E-state index >= 15 is 0 Å². The Labute approximate surface area is 83.9 Å². The van der Waals surface area contributed by atoms with Crippen LogP contribution in [0.5, 0.6) is 0 Å². The fraction of sp³-hybridized carbons (Fsp3) is 0.800. The summed E-state index contributed by atoms with van der Waals surface area (Å²) in [5, 5.41) is 8.03. The molecule has 0 spiro atoms. The van der Waals surface area contributed by atoms with Crippen LogP contribution < -0.4 is 5.73 Å². The summed E-state index contributed by atoms with van der Waals surface area (Å²) < 4.78 is 5.55. The molecular weight excluding hydrogens is 178 g/mol. The van der Waals surface area contributed by atoms with Crippen LogP contribution in [-0.4, -0.2) is 10.2 Å². The van der Waals surface area contributed by atoms with Crippen molar-refractivity contribution in [3.8, 4) is 0 Å². The quantitative estimate of drug-likeness (QED) is 0.783. The summed E-state index contributed by atoms with van der Waals surface area (Å²) in [4.78, 5) is 0. The summed E-state index contributed by atoms with van der Waals surface area (Å²) in [5.74, 6) is 2.45. The Morgan fingerprint density at radius 3 is 2.71 bits per heavy atom. The number of rotatable bonds is 2. The number of nitrogens with zero attached hydrogens (tertiary/aromatic N) is 2. The average molecular weight is 195 g/mol. The van der Waals surface area contributed by atoms with Crippen molar-refractivity contribution in [1.29, 1.82) is 0 Å². The fourth-order valence-corrected chi connectivity index (χ4v) is 2.09. The van der Waals surface area contributed by atoms with E-state index in [1.54, 1.807) is 0 Å². The molecule has 0 amide bonds. The molecular formula is C10H17N3O. The Morgan fingerprint density at radius 1 is 1.43 bits per heavy atom. The van der Waals surface area contributed by atoms with Gasteiger partial charge in [0.15, 0.2) is 0 Å². The van der Waals surface area contributed by atoms with Crippen LogP contribution in [0, 0.1) is 5.92 Å². The van der Waals surface area contributed by atoms with Gasteiger partial charge in [-0.25, -0.2) is 0 Å². The van der Waals surface area contributed by atoms with Crippen LogP contribution >= 0.6 is 0 Å². The van der Waals surface area contributed by atoms with Crippen molar-refractivity contribution in [2.75, 3.05) is 0 Å². The largest absolute Gasteiger partial charge is 0.423 e. The molecule has 78 valence electrons. The maximum atomic E-state index is 5.66. The van der Waals surface area contributed by atoms with Gasteiger partial charge in [-0.15, -0.1) is 10.2 Å². The minimum absolute atomic E-state index is 0.159. The van der Waals surface area contributed by atoms with E-state index in [1.807, 2.05) is 6.92 Å². The summed E-state index contributed by atoms with van der Waals surface area (Å²) in [7, 11) is 0. The van der Waals surface area contributed by atoms with Gasteiger partial charge in [0.2, 0.25) is 11.8 Å². The molecule has 0 saturated heterocycles. The molecule has 1 heterocycles. The first-order valence-electron chi connectivity index (χ1n) is 5.27. The topological polar surface area (TPSA) is 64.9 Å². The molecule has 0 bridgehead atoms. The van der Waals surface area contributed by atoms with E-state index in [4.69, 9.17) is 10.2 Å². The maximum absolute atomic E-state index is 5.66. The highest BCUT2D eigenvalue weighted by Gasteiger charge is 2.29. The lowest BCUT2D eigenvalue weighted by atomic mass is 9.98. The second-order valence-electron chi connectivity index (χ2n) is 4.28. The van der Waals surface area contributed by atoms with Gasteiger partial charge in [0.1, 0.15) is 0 Å². The third kappa shape index (κ3) is 1.66. The van der Waals surface area contributed by atoms with E-state index in [0.29, 0.717) is 17.7 Å². The Morgan fingerprint density at radius 2 is 2.21 bits per heavy atom. The van der Waals surface area contributed by atoms with E-state index in [1.165, 1.54) is 19.3 Å². The van der Waals surface area contributed by atoms with Crippen LogP contribution in [0.15, 0.2) is 4.42 Å². The van der Waals surface area contributed by atoms with Crippen LogP contribution in [0.25, 0.3) is 0 Å². The molecule has 1 fully saturated rings. The second-order valence-corrected chi connectivity index (χ2v) is 4.28. The van der Waals surface area contributed by atoms with Crippen molar-refractivity contribution < 1.29 is 4.42 Å². The third-order valence-electron chi connectivity index (χ3n) is 3.02. The minimum Gasteiger partial charge on any atom is -0.423 e. The van der Waals surface area contributed by atoms with Crippen molar-refractivity contribution in [2.24, 2.45) is 11.7 Å². The molecule has 1 aliphatic rings. The first-order valence-corrected chi connectivity index (χ1v) is 5.27. The van der Waals surface area contributed by atoms with Crippen LogP contribution in [0.1, 0.15) is 56.9 Å². The fourth-order valence-electron chi connectivity index (χ4n) is 2.09. The van der Waals surface area contributed by atoms with Crippen LogP contribution in [0.4, 0.5) is 0 Å². The molecule has 14 heavy (non-hydrogen) atoms.